The zero-order valence-corrected chi connectivity index (χ0v) is 14.2. The summed E-state index contributed by atoms with van der Waals surface area (Å²) in [6.07, 6.45) is 0.201. The zero-order valence-electron chi connectivity index (χ0n) is 14.2. The average Bonchev–Trinajstić information content (AvgIpc) is 2.48. The summed E-state index contributed by atoms with van der Waals surface area (Å²) < 4.78 is 19.8. The van der Waals surface area contributed by atoms with Crippen LogP contribution in [0.15, 0.2) is 0 Å². The number of carbonyl (C=O) groups excluding carboxylic acids is 3. The molecule has 0 saturated heterocycles. The molecule has 0 radical (unpaired) electrons. The molecule has 0 amide bonds. The van der Waals surface area contributed by atoms with Crippen molar-refractivity contribution in [3.63, 3.8) is 0 Å². The van der Waals surface area contributed by atoms with E-state index in [-0.39, 0.29) is 44.1 Å². The summed E-state index contributed by atoms with van der Waals surface area (Å²) in [4.78, 5) is 35.0. The largest absolute Gasteiger partial charge is 0.465 e. The SMILES string of the molecule is CCOCCOC(=O)CCN(CCOC(C)=O)CCOC(C)=O. The minimum absolute atomic E-state index is 0.201. The van der Waals surface area contributed by atoms with Crippen molar-refractivity contribution in [2.75, 3.05) is 52.7 Å². The lowest BCUT2D eigenvalue weighted by molar-refractivity contribution is -0.147. The van der Waals surface area contributed by atoms with Gasteiger partial charge < -0.3 is 18.9 Å². The highest BCUT2D eigenvalue weighted by molar-refractivity contribution is 5.69. The molecule has 0 heterocycles. The first kappa shape index (κ1) is 21.3. The van der Waals surface area contributed by atoms with Gasteiger partial charge in [-0.25, -0.2) is 0 Å². The lowest BCUT2D eigenvalue weighted by Gasteiger charge is -2.21. The number of hydrogen-bond donors (Lipinski definition) is 0. The maximum atomic E-state index is 11.6. The van der Waals surface area contributed by atoms with Gasteiger partial charge in [-0.1, -0.05) is 0 Å². The van der Waals surface area contributed by atoms with Gasteiger partial charge in [0, 0.05) is 40.1 Å². The zero-order chi connectivity index (χ0) is 17.5. The average molecular weight is 333 g/mol. The van der Waals surface area contributed by atoms with Crippen LogP contribution in [0.1, 0.15) is 27.2 Å². The molecule has 8 heteroatoms. The van der Waals surface area contributed by atoms with Gasteiger partial charge in [0.1, 0.15) is 19.8 Å². The van der Waals surface area contributed by atoms with Crippen molar-refractivity contribution in [3.8, 4) is 0 Å². The molecule has 134 valence electrons. The van der Waals surface area contributed by atoms with Gasteiger partial charge >= 0.3 is 17.9 Å². The fraction of sp³-hybridized carbons (Fsp3) is 0.800. The highest BCUT2D eigenvalue weighted by Crippen LogP contribution is 1.96. The molecule has 0 unspecified atom stereocenters. The first-order valence-electron chi connectivity index (χ1n) is 7.68. The Morgan fingerprint density at radius 3 is 1.83 bits per heavy atom. The molecule has 0 aromatic heterocycles. The van der Waals surface area contributed by atoms with E-state index in [1.54, 1.807) is 0 Å². The number of carbonyl (C=O) groups is 3. The van der Waals surface area contributed by atoms with E-state index in [0.717, 1.165) is 0 Å². The molecule has 0 aromatic carbocycles. The van der Waals surface area contributed by atoms with E-state index >= 15 is 0 Å². The van der Waals surface area contributed by atoms with Gasteiger partial charge in [-0.05, 0) is 6.92 Å². The number of esters is 3. The van der Waals surface area contributed by atoms with Gasteiger partial charge in [0.25, 0.3) is 0 Å². The Morgan fingerprint density at radius 1 is 0.783 bits per heavy atom. The Morgan fingerprint density at radius 2 is 1.35 bits per heavy atom. The van der Waals surface area contributed by atoms with E-state index in [2.05, 4.69) is 0 Å². The molecule has 0 rings (SSSR count). The van der Waals surface area contributed by atoms with Crippen molar-refractivity contribution < 1.29 is 33.3 Å². The second-order valence-corrected chi connectivity index (χ2v) is 4.69. The van der Waals surface area contributed by atoms with Crippen molar-refractivity contribution in [2.45, 2.75) is 27.2 Å². The maximum Gasteiger partial charge on any atom is 0.307 e. The van der Waals surface area contributed by atoms with Crippen LogP contribution in [0.4, 0.5) is 0 Å². The van der Waals surface area contributed by atoms with Gasteiger partial charge in [-0.15, -0.1) is 0 Å². The predicted octanol–water partition coefficient (Wildman–Crippen LogP) is 0.384. The Labute approximate surface area is 137 Å². The summed E-state index contributed by atoms with van der Waals surface area (Å²) in [5.74, 6) is -1.05. The number of rotatable bonds is 13. The standard InChI is InChI=1S/C15H27NO7/c1-4-20-11-12-23-15(19)5-6-16(7-9-21-13(2)17)8-10-22-14(3)18/h4-12H2,1-3H3. The summed E-state index contributed by atoms with van der Waals surface area (Å²) >= 11 is 0. The Hall–Kier alpha value is -1.67. The molecular weight excluding hydrogens is 306 g/mol. The quantitative estimate of drug-likeness (QED) is 0.271. The highest BCUT2D eigenvalue weighted by Gasteiger charge is 2.10. The molecule has 0 atom stereocenters. The molecule has 0 aromatic rings. The fourth-order valence-electron chi connectivity index (χ4n) is 1.65. The smallest absolute Gasteiger partial charge is 0.307 e. The van der Waals surface area contributed by atoms with Gasteiger partial charge in [-0.2, -0.15) is 0 Å². The minimum atomic E-state index is -0.361. The van der Waals surface area contributed by atoms with Crippen molar-refractivity contribution in [1.29, 1.82) is 0 Å². The van der Waals surface area contributed by atoms with E-state index in [1.807, 2.05) is 11.8 Å². The number of nitrogens with zero attached hydrogens (tertiary/aromatic N) is 1. The second-order valence-electron chi connectivity index (χ2n) is 4.69. The minimum Gasteiger partial charge on any atom is -0.465 e. The number of ether oxygens (including phenoxy) is 4. The van der Waals surface area contributed by atoms with Crippen molar-refractivity contribution >= 4 is 17.9 Å². The first-order chi connectivity index (χ1) is 11.0. The summed E-state index contributed by atoms with van der Waals surface area (Å²) in [5, 5.41) is 0. The van der Waals surface area contributed by atoms with Crippen LogP contribution >= 0.6 is 0 Å². The third-order valence-electron chi connectivity index (χ3n) is 2.75. The van der Waals surface area contributed by atoms with Crippen LogP contribution in [-0.4, -0.2) is 75.5 Å². The summed E-state index contributed by atoms with van der Waals surface area (Å²) in [5.41, 5.74) is 0. The Kier molecular flexibility index (Phi) is 12.9. The van der Waals surface area contributed by atoms with Crippen LogP contribution in [-0.2, 0) is 33.3 Å². The summed E-state index contributed by atoms with van der Waals surface area (Å²) in [7, 11) is 0. The maximum absolute atomic E-state index is 11.6. The molecule has 0 bridgehead atoms. The highest BCUT2D eigenvalue weighted by atomic mass is 16.6. The van der Waals surface area contributed by atoms with Crippen LogP contribution in [0.3, 0.4) is 0 Å². The van der Waals surface area contributed by atoms with Crippen molar-refractivity contribution in [2.24, 2.45) is 0 Å². The molecule has 0 aliphatic carbocycles. The van der Waals surface area contributed by atoms with Gasteiger partial charge in [-0.3, -0.25) is 19.3 Å². The van der Waals surface area contributed by atoms with E-state index in [0.29, 0.717) is 32.8 Å². The van der Waals surface area contributed by atoms with Crippen LogP contribution in [0.5, 0.6) is 0 Å². The summed E-state index contributed by atoms with van der Waals surface area (Å²) in [6, 6.07) is 0. The Balaban J connectivity index is 4.03. The summed E-state index contributed by atoms with van der Waals surface area (Å²) in [6.45, 7) is 7.49. The van der Waals surface area contributed by atoms with Crippen LogP contribution in [0.25, 0.3) is 0 Å². The van der Waals surface area contributed by atoms with Crippen LogP contribution in [0, 0.1) is 0 Å². The molecule has 0 spiro atoms. The molecule has 23 heavy (non-hydrogen) atoms. The molecule has 0 aliphatic rings. The Bertz CT molecular complexity index is 340. The number of hydrogen-bond acceptors (Lipinski definition) is 8. The first-order valence-corrected chi connectivity index (χ1v) is 7.68. The van der Waals surface area contributed by atoms with Crippen molar-refractivity contribution in [1.82, 2.24) is 4.90 Å². The van der Waals surface area contributed by atoms with E-state index in [9.17, 15) is 14.4 Å². The third kappa shape index (κ3) is 15.0. The topological polar surface area (TPSA) is 91.4 Å². The lowest BCUT2D eigenvalue weighted by Crippen LogP contribution is -2.34. The lowest BCUT2D eigenvalue weighted by atomic mass is 10.3. The van der Waals surface area contributed by atoms with Gasteiger partial charge in [0.2, 0.25) is 0 Å². The van der Waals surface area contributed by atoms with E-state index < -0.39 is 0 Å². The van der Waals surface area contributed by atoms with Crippen molar-refractivity contribution in [3.05, 3.63) is 0 Å². The molecule has 0 N–H and O–H groups in total. The van der Waals surface area contributed by atoms with E-state index in [1.165, 1.54) is 13.8 Å². The molecule has 0 aliphatic heterocycles. The normalized spacial score (nSPS) is 10.4. The monoisotopic (exact) mass is 333 g/mol. The molecule has 0 fully saturated rings. The molecule has 0 saturated carbocycles. The molecule has 8 nitrogen and oxygen atoms in total. The molecular formula is C15H27NO7. The van der Waals surface area contributed by atoms with Crippen LogP contribution in [0.2, 0.25) is 0 Å². The fourth-order valence-corrected chi connectivity index (χ4v) is 1.65. The predicted molar refractivity (Wildman–Crippen MR) is 81.8 cm³/mol. The second kappa shape index (κ2) is 14.0. The van der Waals surface area contributed by atoms with E-state index in [4.69, 9.17) is 18.9 Å². The van der Waals surface area contributed by atoms with Gasteiger partial charge in [0.05, 0.1) is 13.0 Å². The van der Waals surface area contributed by atoms with Gasteiger partial charge in [0.15, 0.2) is 0 Å². The van der Waals surface area contributed by atoms with Crippen LogP contribution < -0.4 is 0 Å². The third-order valence-corrected chi connectivity index (χ3v) is 2.75.